The fourth-order valence-corrected chi connectivity index (χ4v) is 3.17. The summed E-state index contributed by atoms with van der Waals surface area (Å²) in [6.45, 7) is 6.73. The maximum absolute atomic E-state index is 12.5. The van der Waals surface area contributed by atoms with Crippen LogP contribution in [0.15, 0.2) is 97.9 Å². The molecule has 0 aliphatic rings. The predicted octanol–water partition coefficient (Wildman–Crippen LogP) is 5.48. The first-order chi connectivity index (χ1) is 18.9. The number of hydrogen-bond donors (Lipinski definition) is 0. The van der Waals surface area contributed by atoms with E-state index in [0.717, 1.165) is 17.2 Å². The van der Waals surface area contributed by atoms with Crippen molar-refractivity contribution in [1.29, 1.82) is 0 Å². The summed E-state index contributed by atoms with van der Waals surface area (Å²) >= 11 is 0. The van der Waals surface area contributed by atoms with Crippen molar-refractivity contribution in [3.05, 3.63) is 103 Å². The van der Waals surface area contributed by atoms with Crippen molar-refractivity contribution in [3.8, 4) is 28.4 Å². The second kappa shape index (κ2) is 14.7. The van der Waals surface area contributed by atoms with E-state index in [2.05, 4.69) is 17.9 Å². The lowest BCUT2D eigenvalue weighted by Crippen LogP contribution is -2.12. The number of hydrogen-bond acceptors (Lipinski definition) is 8. The fourth-order valence-electron chi connectivity index (χ4n) is 3.17. The molecule has 3 rings (SSSR count). The average molecular weight is 535 g/mol. The molecule has 0 spiro atoms. The molecule has 0 aliphatic carbocycles. The highest BCUT2D eigenvalue weighted by atomic mass is 19.1. The van der Waals surface area contributed by atoms with E-state index in [0.29, 0.717) is 35.8 Å². The largest absolute Gasteiger partial charge is 0.493 e. The highest BCUT2D eigenvalue weighted by Gasteiger charge is 2.10. The molecule has 202 valence electrons. The lowest BCUT2D eigenvalue weighted by molar-refractivity contribution is -0.141. The highest BCUT2D eigenvalue weighted by molar-refractivity contribution is 5.91. The van der Waals surface area contributed by atoms with E-state index < -0.39 is 23.7 Å². The second-order valence-corrected chi connectivity index (χ2v) is 7.93. The Balaban J connectivity index is 1.44. The summed E-state index contributed by atoms with van der Waals surface area (Å²) in [7, 11) is 0. The Morgan fingerprint density at radius 3 is 1.79 bits per heavy atom. The number of carbonyl (C=O) groups excluding carboxylic acids is 3. The molecule has 8 nitrogen and oxygen atoms in total. The standard InChI is InChI=1S/C30H27FO8/c1-3-28(32)37-18-4-17-35-25-11-5-22(6-12-25)23-7-15-27(16-8-23)39-30(34)24-9-13-26(14-10-24)36-19-20-38-29(33)21(2)31/h3,5-16H,1-2,4,17-20H2. The molecule has 0 N–H and O–H groups in total. The fraction of sp³-hybridized carbons (Fsp3) is 0.167. The lowest BCUT2D eigenvalue weighted by Gasteiger charge is -2.09. The van der Waals surface area contributed by atoms with Gasteiger partial charge in [0.15, 0.2) is 0 Å². The van der Waals surface area contributed by atoms with Gasteiger partial charge < -0.3 is 23.7 Å². The monoisotopic (exact) mass is 534 g/mol. The van der Waals surface area contributed by atoms with E-state index in [-0.39, 0.29) is 19.8 Å². The van der Waals surface area contributed by atoms with E-state index in [1.807, 2.05) is 36.4 Å². The molecule has 0 aromatic heterocycles. The quantitative estimate of drug-likeness (QED) is 0.116. The van der Waals surface area contributed by atoms with Gasteiger partial charge in [-0.1, -0.05) is 37.4 Å². The molecule has 0 atom stereocenters. The van der Waals surface area contributed by atoms with E-state index in [9.17, 15) is 18.8 Å². The normalized spacial score (nSPS) is 10.2. The summed E-state index contributed by atoms with van der Waals surface area (Å²) < 4.78 is 38.5. The van der Waals surface area contributed by atoms with Gasteiger partial charge >= 0.3 is 17.9 Å². The Labute approximate surface area is 225 Å². The van der Waals surface area contributed by atoms with Crippen LogP contribution < -0.4 is 14.2 Å². The highest BCUT2D eigenvalue weighted by Crippen LogP contribution is 2.25. The van der Waals surface area contributed by atoms with Crippen molar-refractivity contribution in [2.45, 2.75) is 6.42 Å². The number of carbonyl (C=O) groups is 3. The van der Waals surface area contributed by atoms with Gasteiger partial charge in [0.2, 0.25) is 5.83 Å². The molecule has 0 radical (unpaired) electrons. The smallest absolute Gasteiger partial charge is 0.366 e. The number of rotatable bonds is 14. The third-order valence-corrected chi connectivity index (χ3v) is 5.12. The minimum absolute atomic E-state index is 0.0138. The molecule has 3 aromatic carbocycles. The molecule has 0 bridgehead atoms. The van der Waals surface area contributed by atoms with Gasteiger partial charge in [-0.3, -0.25) is 0 Å². The average Bonchev–Trinajstić information content (AvgIpc) is 2.96. The van der Waals surface area contributed by atoms with Crippen molar-refractivity contribution in [2.75, 3.05) is 26.4 Å². The van der Waals surface area contributed by atoms with Crippen LogP contribution in [0.25, 0.3) is 11.1 Å². The molecule has 0 saturated heterocycles. The topological polar surface area (TPSA) is 97.4 Å². The van der Waals surface area contributed by atoms with E-state index in [1.165, 1.54) is 0 Å². The van der Waals surface area contributed by atoms with Gasteiger partial charge in [-0.05, 0) is 59.7 Å². The third kappa shape index (κ3) is 9.47. The summed E-state index contributed by atoms with van der Waals surface area (Å²) in [4.78, 5) is 34.5. The van der Waals surface area contributed by atoms with Gasteiger partial charge in [-0.15, -0.1) is 0 Å². The first kappa shape index (κ1) is 28.6. The summed E-state index contributed by atoms with van der Waals surface area (Å²) in [5.41, 5.74) is 2.21. The van der Waals surface area contributed by atoms with E-state index in [1.54, 1.807) is 36.4 Å². The minimum atomic E-state index is -1.17. The second-order valence-electron chi connectivity index (χ2n) is 7.93. The van der Waals surface area contributed by atoms with Gasteiger partial charge in [0.05, 0.1) is 18.8 Å². The zero-order valence-electron chi connectivity index (χ0n) is 21.1. The van der Waals surface area contributed by atoms with E-state index >= 15 is 0 Å². The first-order valence-corrected chi connectivity index (χ1v) is 11.9. The van der Waals surface area contributed by atoms with E-state index in [4.69, 9.17) is 18.9 Å². The molecular weight excluding hydrogens is 507 g/mol. The van der Waals surface area contributed by atoms with Crippen LogP contribution in [0.1, 0.15) is 16.8 Å². The number of halogens is 1. The number of ether oxygens (including phenoxy) is 5. The van der Waals surface area contributed by atoms with Gasteiger partial charge in [0, 0.05) is 12.5 Å². The van der Waals surface area contributed by atoms with Gasteiger partial charge in [-0.25, -0.2) is 14.4 Å². The summed E-state index contributed by atoms with van der Waals surface area (Å²) in [6.07, 6.45) is 1.69. The minimum Gasteiger partial charge on any atom is -0.493 e. The zero-order valence-corrected chi connectivity index (χ0v) is 21.1. The molecule has 0 heterocycles. The number of esters is 3. The summed E-state index contributed by atoms with van der Waals surface area (Å²) in [5.74, 6) is -1.77. The molecular formula is C30H27FO8. The Kier molecular flexibility index (Phi) is 10.8. The Morgan fingerprint density at radius 1 is 0.692 bits per heavy atom. The third-order valence-electron chi connectivity index (χ3n) is 5.12. The number of benzene rings is 3. The molecule has 0 amide bonds. The van der Waals surface area contributed by atoms with Gasteiger partial charge in [0.25, 0.3) is 0 Å². The molecule has 0 saturated carbocycles. The molecule has 0 aliphatic heterocycles. The van der Waals surface area contributed by atoms with Crippen molar-refractivity contribution >= 4 is 17.9 Å². The summed E-state index contributed by atoms with van der Waals surface area (Å²) in [6, 6.07) is 20.8. The van der Waals surface area contributed by atoms with Crippen molar-refractivity contribution in [1.82, 2.24) is 0 Å². The summed E-state index contributed by atoms with van der Waals surface area (Å²) in [5, 5.41) is 0. The SMILES string of the molecule is C=CC(=O)OCCCOc1ccc(-c2ccc(OC(=O)c3ccc(OCCOC(=O)C(=C)F)cc3)cc2)cc1. The van der Waals surface area contributed by atoms with Crippen LogP contribution in [0.2, 0.25) is 0 Å². The molecule has 0 fully saturated rings. The Morgan fingerprint density at radius 2 is 1.23 bits per heavy atom. The zero-order chi connectivity index (χ0) is 28.0. The van der Waals surface area contributed by atoms with Crippen LogP contribution in [0.4, 0.5) is 4.39 Å². The molecule has 9 heteroatoms. The lowest BCUT2D eigenvalue weighted by atomic mass is 10.1. The maximum Gasteiger partial charge on any atom is 0.366 e. The Bertz CT molecular complexity index is 1280. The van der Waals surface area contributed by atoms with Crippen LogP contribution in [-0.2, 0) is 19.1 Å². The van der Waals surface area contributed by atoms with Gasteiger partial charge in [0.1, 0.15) is 30.5 Å². The molecule has 0 unspecified atom stereocenters. The van der Waals surface area contributed by atoms with Crippen LogP contribution >= 0.6 is 0 Å². The van der Waals surface area contributed by atoms with Crippen molar-refractivity contribution in [3.63, 3.8) is 0 Å². The Hall–Kier alpha value is -4.92. The molecule has 39 heavy (non-hydrogen) atoms. The first-order valence-electron chi connectivity index (χ1n) is 11.9. The van der Waals surface area contributed by atoms with Crippen LogP contribution in [0.3, 0.4) is 0 Å². The van der Waals surface area contributed by atoms with Crippen LogP contribution in [0.5, 0.6) is 17.2 Å². The molecule has 3 aromatic rings. The van der Waals surface area contributed by atoms with Crippen molar-refractivity contribution in [2.24, 2.45) is 0 Å². The maximum atomic E-state index is 12.5. The van der Waals surface area contributed by atoms with Crippen LogP contribution in [0, 0.1) is 0 Å². The van der Waals surface area contributed by atoms with Crippen molar-refractivity contribution < 1.29 is 42.5 Å². The van der Waals surface area contributed by atoms with Gasteiger partial charge in [-0.2, -0.15) is 4.39 Å². The predicted molar refractivity (Wildman–Crippen MR) is 141 cm³/mol. The van der Waals surface area contributed by atoms with Crippen LogP contribution in [-0.4, -0.2) is 44.3 Å².